The molecule has 2 rings (SSSR count). The molecule has 2 aromatic heterocycles. The molecular weight excluding hydrogens is 266 g/mol. The highest BCUT2D eigenvalue weighted by Crippen LogP contribution is 2.16. The Hall–Kier alpha value is -1.06. The molecule has 2 nitrogen and oxygen atoms in total. The summed E-state index contributed by atoms with van der Waals surface area (Å²) in [5.74, 6) is 1.18. The number of rotatable bonds is 6. The maximum Gasteiger partial charge on any atom is 0.213 e. The van der Waals surface area contributed by atoms with Gasteiger partial charge in [0.1, 0.15) is 0 Å². The van der Waals surface area contributed by atoms with E-state index in [1.165, 1.54) is 4.88 Å². The highest BCUT2D eigenvalue weighted by atomic mass is 35.5. The van der Waals surface area contributed by atoms with Gasteiger partial charge in [0.2, 0.25) is 5.88 Å². The summed E-state index contributed by atoms with van der Waals surface area (Å²) in [6.07, 6.45) is 1.82. The van der Waals surface area contributed by atoms with Gasteiger partial charge in [0.25, 0.3) is 0 Å². The molecule has 4 heteroatoms. The largest absolute Gasteiger partial charge is 0.477 e. The first-order valence-corrected chi connectivity index (χ1v) is 7.44. The highest BCUT2D eigenvalue weighted by Gasteiger charge is 2.03. The molecule has 0 aliphatic rings. The first-order chi connectivity index (χ1) is 8.81. The Balaban J connectivity index is 1.95. The molecule has 0 amide bonds. The second kappa shape index (κ2) is 6.76. The Morgan fingerprint density at radius 3 is 2.94 bits per heavy atom. The summed E-state index contributed by atoms with van der Waals surface area (Å²) < 4.78 is 5.70. The Labute approximate surface area is 117 Å². The highest BCUT2D eigenvalue weighted by molar-refractivity contribution is 7.09. The topological polar surface area (TPSA) is 22.1 Å². The maximum absolute atomic E-state index is 5.86. The average Bonchev–Trinajstić information content (AvgIpc) is 2.91. The summed E-state index contributed by atoms with van der Waals surface area (Å²) in [6, 6.07) is 8.12. The number of aromatic nitrogens is 1. The molecule has 0 spiro atoms. The molecule has 0 N–H and O–H groups in total. The summed E-state index contributed by atoms with van der Waals surface area (Å²) in [7, 11) is 0. The molecule has 2 heterocycles. The zero-order valence-corrected chi connectivity index (χ0v) is 11.9. The van der Waals surface area contributed by atoms with Crippen molar-refractivity contribution < 1.29 is 4.74 Å². The van der Waals surface area contributed by atoms with Crippen LogP contribution in [0, 0.1) is 0 Å². The smallest absolute Gasteiger partial charge is 0.213 e. The van der Waals surface area contributed by atoms with E-state index in [-0.39, 0.29) is 0 Å². The average molecular weight is 282 g/mol. The molecule has 0 aliphatic carbocycles. The number of hydrogen-bond donors (Lipinski definition) is 0. The van der Waals surface area contributed by atoms with E-state index in [1.807, 2.05) is 12.1 Å². The molecule has 0 saturated carbocycles. The molecule has 0 saturated heterocycles. The summed E-state index contributed by atoms with van der Waals surface area (Å²) in [5.41, 5.74) is 2.09. The molecule has 0 aliphatic heterocycles. The molecular formula is C14H16ClNOS. The van der Waals surface area contributed by atoms with E-state index in [0.717, 1.165) is 24.1 Å². The van der Waals surface area contributed by atoms with Gasteiger partial charge >= 0.3 is 0 Å². The minimum Gasteiger partial charge on any atom is -0.477 e. The summed E-state index contributed by atoms with van der Waals surface area (Å²) in [6.45, 7) is 2.73. The first-order valence-electron chi connectivity index (χ1n) is 6.02. The van der Waals surface area contributed by atoms with Crippen molar-refractivity contribution in [3.8, 4) is 5.88 Å². The van der Waals surface area contributed by atoms with Crippen LogP contribution in [0.25, 0.3) is 0 Å². The maximum atomic E-state index is 5.86. The van der Waals surface area contributed by atoms with Crippen LogP contribution in [0.5, 0.6) is 5.88 Å². The van der Waals surface area contributed by atoms with Crippen molar-refractivity contribution in [1.29, 1.82) is 0 Å². The number of ether oxygens (including phenoxy) is 1. The van der Waals surface area contributed by atoms with E-state index in [0.29, 0.717) is 18.4 Å². The summed E-state index contributed by atoms with van der Waals surface area (Å²) >= 11 is 7.61. The third-order valence-electron chi connectivity index (χ3n) is 2.61. The van der Waals surface area contributed by atoms with Gasteiger partial charge in [-0.15, -0.1) is 22.9 Å². The second-order valence-corrected chi connectivity index (χ2v) is 5.27. The second-order valence-electron chi connectivity index (χ2n) is 3.97. The lowest BCUT2D eigenvalue weighted by Crippen LogP contribution is -2.03. The van der Waals surface area contributed by atoms with Crippen molar-refractivity contribution in [2.75, 3.05) is 6.61 Å². The predicted octanol–water partition coefficient (Wildman–Crippen LogP) is 4.07. The zero-order chi connectivity index (χ0) is 12.8. The molecule has 0 bridgehead atoms. The van der Waals surface area contributed by atoms with Gasteiger partial charge in [-0.1, -0.05) is 13.0 Å². The minimum absolute atomic E-state index is 0.497. The predicted molar refractivity (Wildman–Crippen MR) is 76.7 cm³/mol. The Morgan fingerprint density at radius 2 is 2.28 bits per heavy atom. The fourth-order valence-corrected chi connectivity index (χ4v) is 2.51. The Bertz CT molecular complexity index is 462. The van der Waals surface area contributed by atoms with Crippen LogP contribution in [0.4, 0.5) is 0 Å². The molecule has 2 aromatic rings. The molecule has 0 unspecified atom stereocenters. The van der Waals surface area contributed by atoms with Crippen LogP contribution in [0.1, 0.15) is 23.1 Å². The van der Waals surface area contributed by atoms with Gasteiger partial charge in [0, 0.05) is 28.9 Å². The quantitative estimate of drug-likeness (QED) is 0.745. The van der Waals surface area contributed by atoms with Crippen LogP contribution in [0.2, 0.25) is 0 Å². The van der Waals surface area contributed by atoms with Gasteiger partial charge in [-0.2, -0.15) is 0 Å². The number of aryl methyl sites for hydroxylation is 1. The number of thiophene rings is 1. The van der Waals surface area contributed by atoms with Crippen molar-refractivity contribution in [2.45, 2.75) is 25.6 Å². The summed E-state index contributed by atoms with van der Waals surface area (Å²) in [4.78, 5) is 5.77. The zero-order valence-electron chi connectivity index (χ0n) is 10.4. The van der Waals surface area contributed by atoms with E-state index >= 15 is 0 Å². The SMILES string of the molecule is CCc1cc(CCl)cc(OCCc2cccs2)n1. The molecule has 0 radical (unpaired) electrons. The molecule has 0 fully saturated rings. The van der Waals surface area contributed by atoms with Crippen LogP contribution in [-0.4, -0.2) is 11.6 Å². The van der Waals surface area contributed by atoms with Gasteiger partial charge in [0.05, 0.1) is 6.61 Å². The Morgan fingerprint density at radius 1 is 1.39 bits per heavy atom. The lowest BCUT2D eigenvalue weighted by molar-refractivity contribution is 0.309. The van der Waals surface area contributed by atoms with Gasteiger partial charge < -0.3 is 4.74 Å². The van der Waals surface area contributed by atoms with Crippen molar-refractivity contribution >= 4 is 22.9 Å². The summed E-state index contributed by atoms with van der Waals surface area (Å²) in [5, 5.41) is 2.08. The molecule has 0 aromatic carbocycles. The van der Waals surface area contributed by atoms with Crippen LogP contribution in [0.15, 0.2) is 29.6 Å². The van der Waals surface area contributed by atoms with Crippen molar-refractivity contribution in [3.05, 3.63) is 45.8 Å². The molecule has 0 atom stereocenters. The number of hydrogen-bond acceptors (Lipinski definition) is 3. The van der Waals surface area contributed by atoms with Crippen molar-refractivity contribution in [3.63, 3.8) is 0 Å². The van der Waals surface area contributed by atoms with Crippen LogP contribution >= 0.6 is 22.9 Å². The standard InChI is InChI=1S/C14H16ClNOS/c1-2-12-8-11(10-15)9-14(16-12)17-6-5-13-4-3-7-18-13/h3-4,7-9H,2,5-6,10H2,1H3. The number of pyridine rings is 1. The fraction of sp³-hybridized carbons (Fsp3) is 0.357. The first kappa shape index (κ1) is 13.4. The van der Waals surface area contributed by atoms with Gasteiger partial charge in [0.15, 0.2) is 0 Å². The van der Waals surface area contributed by atoms with E-state index in [4.69, 9.17) is 16.3 Å². The van der Waals surface area contributed by atoms with Crippen molar-refractivity contribution in [2.24, 2.45) is 0 Å². The van der Waals surface area contributed by atoms with E-state index < -0.39 is 0 Å². The van der Waals surface area contributed by atoms with Gasteiger partial charge in [-0.25, -0.2) is 4.98 Å². The third-order valence-corrected chi connectivity index (χ3v) is 3.85. The molecule has 96 valence electrons. The van der Waals surface area contributed by atoms with Crippen molar-refractivity contribution in [1.82, 2.24) is 4.98 Å². The normalized spacial score (nSPS) is 10.6. The van der Waals surface area contributed by atoms with E-state index in [2.05, 4.69) is 29.4 Å². The lowest BCUT2D eigenvalue weighted by atomic mass is 10.2. The molecule has 18 heavy (non-hydrogen) atoms. The van der Waals surface area contributed by atoms with E-state index in [9.17, 15) is 0 Å². The Kier molecular flexibility index (Phi) is 5.02. The van der Waals surface area contributed by atoms with Crippen LogP contribution in [0.3, 0.4) is 0 Å². The fourth-order valence-electron chi connectivity index (χ4n) is 1.66. The van der Waals surface area contributed by atoms with Crippen LogP contribution in [-0.2, 0) is 18.7 Å². The number of nitrogens with zero attached hydrogens (tertiary/aromatic N) is 1. The van der Waals surface area contributed by atoms with Gasteiger partial charge in [-0.3, -0.25) is 0 Å². The lowest BCUT2D eigenvalue weighted by Gasteiger charge is -2.08. The van der Waals surface area contributed by atoms with E-state index in [1.54, 1.807) is 11.3 Å². The van der Waals surface area contributed by atoms with Gasteiger partial charge in [-0.05, 0) is 29.5 Å². The monoisotopic (exact) mass is 281 g/mol. The number of alkyl halides is 1. The third kappa shape index (κ3) is 3.72. The van der Waals surface area contributed by atoms with Crippen LogP contribution < -0.4 is 4.74 Å². The minimum atomic E-state index is 0.497. The number of halogens is 1.